The number of hydrogen-bond donors (Lipinski definition) is 3. The smallest absolute Gasteiger partial charge is 0.323 e. The summed E-state index contributed by atoms with van der Waals surface area (Å²) in [5, 5.41) is 10.8. The molecule has 0 radical (unpaired) electrons. The topological polar surface area (TPSA) is 178 Å². The highest BCUT2D eigenvalue weighted by Crippen LogP contribution is 2.25. The number of carbonyl (C=O) groups excluding carboxylic acids is 1. The van der Waals surface area contributed by atoms with Crippen LogP contribution in [0.4, 0.5) is 22.1 Å². The highest BCUT2D eigenvalue weighted by molar-refractivity contribution is 7.86. The van der Waals surface area contributed by atoms with Crippen LogP contribution in [0.1, 0.15) is 12.8 Å². The number of anilines is 3. The Labute approximate surface area is 225 Å². The summed E-state index contributed by atoms with van der Waals surface area (Å²) in [5.74, 6) is 0.885. The van der Waals surface area contributed by atoms with Crippen molar-refractivity contribution in [1.82, 2.24) is 24.2 Å². The van der Waals surface area contributed by atoms with Crippen LogP contribution < -0.4 is 25.4 Å². The minimum atomic E-state index is -3.73. The molecule has 206 valence electrons. The second-order valence-electron chi connectivity index (χ2n) is 8.99. The van der Waals surface area contributed by atoms with Crippen LogP contribution >= 0.6 is 0 Å². The van der Waals surface area contributed by atoms with Gasteiger partial charge in [-0.25, -0.2) is 9.93 Å². The van der Waals surface area contributed by atoms with Gasteiger partial charge in [-0.05, 0) is 49.2 Å². The van der Waals surface area contributed by atoms with Crippen molar-refractivity contribution in [2.45, 2.75) is 18.9 Å². The molecule has 2 aromatic heterocycles. The van der Waals surface area contributed by atoms with Gasteiger partial charge in [-0.2, -0.15) is 27.7 Å². The largest absolute Gasteiger partial charge is 0.460 e. The van der Waals surface area contributed by atoms with Crippen LogP contribution in [0.25, 0.3) is 11.4 Å². The van der Waals surface area contributed by atoms with Crippen LogP contribution in [0.2, 0.25) is 0 Å². The molecule has 0 bridgehead atoms. The number of piperidine rings is 1. The summed E-state index contributed by atoms with van der Waals surface area (Å²) < 4.78 is 36.0. The third-order valence-electron chi connectivity index (χ3n) is 6.27. The van der Waals surface area contributed by atoms with E-state index in [1.165, 1.54) is 4.31 Å². The Balaban J connectivity index is 1.31. The Hall–Kier alpha value is -3.92. The number of aromatic nitrogens is 4. The lowest BCUT2D eigenvalue weighted by Crippen LogP contribution is -2.44. The molecule has 2 aliphatic heterocycles. The molecule has 5 rings (SSSR count). The number of morpholine rings is 1. The zero-order chi connectivity index (χ0) is 27.2. The first-order valence-corrected chi connectivity index (χ1v) is 14.0. The van der Waals surface area contributed by atoms with Gasteiger partial charge in [0.1, 0.15) is 6.10 Å². The quantitative estimate of drug-likeness (QED) is 0.387. The van der Waals surface area contributed by atoms with Gasteiger partial charge >= 0.3 is 12.0 Å². The Morgan fingerprint density at radius 3 is 2.21 bits per heavy atom. The van der Waals surface area contributed by atoms with E-state index in [0.29, 0.717) is 67.9 Å². The van der Waals surface area contributed by atoms with Crippen molar-refractivity contribution in [2.75, 3.05) is 54.9 Å². The molecule has 39 heavy (non-hydrogen) atoms. The fourth-order valence-electron chi connectivity index (χ4n) is 4.22. The fraction of sp³-hybridized carbons (Fsp3) is 0.375. The number of nitrogens with two attached hydrogens (primary N) is 1. The molecule has 15 heteroatoms. The van der Waals surface area contributed by atoms with Gasteiger partial charge in [-0.1, -0.05) is 0 Å². The third kappa shape index (κ3) is 7.14. The molecule has 2 amide bonds. The van der Waals surface area contributed by atoms with Gasteiger partial charge in [0.2, 0.25) is 5.95 Å². The van der Waals surface area contributed by atoms with Gasteiger partial charge in [0.25, 0.3) is 10.2 Å². The van der Waals surface area contributed by atoms with E-state index in [1.807, 2.05) is 4.90 Å². The standard InChI is InChI=1S/C24H29N9O5S/c25-39(35,36)33-11-7-20(8-12-33)38-24-30-21(29-22(31-24)32-13-15-37-16-14-32)17-1-3-18(4-2-17)27-23(34)28-19-5-9-26-10-6-19/h1-6,9-10,20H,7-8,11-16H2,(H2,25,35,36)(H2,26,27,28,34). The average Bonchev–Trinajstić information content (AvgIpc) is 2.94. The normalized spacial score (nSPS) is 17.0. The first-order chi connectivity index (χ1) is 18.8. The Bertz CT molecular complexity index is 1380. The number of nitrogens with zero attached hydrogens (tertiary/aromatic N) is 6. The van der Waals surface area contributed by atoms with Crippen molar-refractivity contribution < 1.29 is 22.7 Å². The average molecular weight is 556 g/mol. The summed E-state index contributed by atoms with van der Waals surface area (Å²) in [5.41, 5.74) is 1.93. The maximum atomic E-state index is 12.3. The van der Waals surface area contributed by atoms with Crippen molar-refractivity contribution in [3.63, 3.8) is 0 Å². The minimum absolute atomic E-state index is 0.162. The van der Waals surface area contributed by atoms with E-state index in [-0.39, 0.29) is 31.2 Å². The van der Waals surface area contributed by atoms with Crippen LogP contribution in [0.15, 0.2) is 48.8 Å². The van der Waals surface area contributed by atoms with Gasteiger partial charge in [0.15, 0.2) is 5.82 Å². The van der Waals surface area contributed by atoms with Crippen LogP contribution in [-0.4, -0.2) is 84.2 Å². The molecule has 1 aromatic carbocycles. The number of urea groups is 1. The van der Waals surface area contributed by atoms with Crippen LogP contribution in [-0.2, 0) is 14.9 Å². The van der Waals surface area contributed by atoms with Gasteiger partial charge in [-0.15, -0.1) is 0 Å². The van der Waals surface area contributed by atoms with E-state index in [4.69, 9.17) is 14.6 Å². The lowest BCUT2D eigenvalue weighted by atomic mass is 10.1. The molecule has 0 spiro atoms. The molecule has 0 atom stereocenters. The maximum absolute atomic E-state index is 12.3. The number of rotatable bonds is 7. The SMILES string of the molecule is NS(=O)(=O)N1CCC(Oc2nc(-c3ccc(NC(=O)Nc4ccncc4)cc3)nc(N3CCOCC3)n2)CC1. The molecule has 2 fully saturated rings. The number of benzene rings is 1. The van der Waals surface area contributed by atoms with E-state index in [1.54, 1.807) is 48.8 Å². The molecule has 0 aliphatic carbocycles. The van der Waals surface area contributed by atoms with Crippen LogP contribution in [0, 0.1) is 0 Å². The monoisotopic (exact) mass is 555 g/mol. The molecule has 4 N–H and O–H groups in total. The van der Waals surface area contributed by atoms with Crippen molar-refractivity contribution >= 4 is 33.6 Å². The maximum Gasteiger partial charge on any atom is 0.323 e. The van der Waals surface area contributed by atoms with E-state index in [2.05, 4.69) is 30.6 Å². The second kappa shape index (κ2) is 11.9. The van der Waals surface area contributed by atoms with E-state index >= 15 is 0 Å². The lowest BCUT2D eigenvalue weighted by Gasteiger charge is -2.30. The third-order valence-corrected chi connectivity index (χ3v) is 7.35. The first kappa shape index (κ1) is 26.7. The highest BCUT2D eigenvalue weighted by atomic mass is 32.2. The molecule has 14 nitrogen and oxygen atoms in total. The molecule has 2 saturated heterocycles. The summed E-state index contributed by atoms with van der Waals surface area (Å²) in [6, 6.07) is 10.3. The van der Waals surface area contributed by atoms with Gasteiger partial charge in [0.05, 0.1) is 13.2 Å². The molecule has 2 aliphatic rings. The van der Waals surface area contributed by atoms with Crippen molar-refractivity contribution in [3.8, 4) is 17.4 Å². The molecular formula is C24H29N9O5S. The number of ether oxygens (including phenoxy) is 2. The molecule has 3 aromatic rings. The fourth-order valence-corrected chi connectivity index (χ4v) is 4.94. The number of amides is 2. The number of hydrogen-bond acceptors (Lipinski definition) is 10. The van der Waals surface area contributed by atoms with E-state index in [9.17, 15) is 13.2 Å². The molecule has 4 heterocycles. The van der Waals surface area contributed by atoms with Crippen molar-refractivity contribution in [2.24, 2.45) is 5.14 Å². The Morgan fingerprint density at radius 2 is 1.56 bits per heavy atom. The predicted octanol–water partition coefficient (Wildman–Crippen LogP) is 1.46. The zero-order valence-corrected chi connectivity index (χ0v) is 21.9. The summed E-state index contributed by atoms with van der Waals surface area (Å²) in [6.07, 6.45) is 3.85. The Morgan fingerprint density at radius 1 is 0.923 bits per heavy atom. The summed E-state index contributed by atoms with van der Waals surface area (Å²) in [6.45, 7) is 2.91. The first-order valence-electron chi connectivity index (χ1n) is 12.5. The number of carbonyl (C=O) groups is 1. The highest BCUT2D eigenvalue weighted by Gasteiger charge is 2.27. The zero-order valence-electron chi connectivity index (χ0n) is 21.1. The number of pyridine rings is 1. The Kier molecular flexibility index (Phi) is 8.11. The number of nitrogens with one attached hydrogen (secondary N) is 2. The summed E-state index contributed by atoms with van der Waals surface area (Å²) in [4.78, 5) is 32.0. The molecule has 0 unspecified atom stereocenters. The predicted molar refractivity (Wildman–Crippen MR) is 144 cm³/mol. The van der Waals surface area contributed by atoms with Crippen molar-refractivity contribution in [1.29, 1.82) is 0 Å². The van der Waals surface area contributed by atoms with Crippen LogP contribution in [0.5, 0.6) is 6.01 Å². The minimum Gasteiger partial charge on any atom is -0.460 e. The molecular weight excluding hydrogens is 526 g/mol. The van der Waals surface area contributed by atoms with Gasteiger partial charge < -0.3 is 25.0 Å². The van der Waals surface area contributed by atoms with E-state index in [0.717, 1.165) is 0 Å². The van der Waals surface area contributed by atoms with Gasteiger partial charge in [0, 0.05) is 55.5 Å². The van der Waals surface area contributed by atoms with Crippen molar-refractivity contribution in [3.05, 3.63) is 48.8 Å². The van der Waals surface area contributed by atoms with E-state index < -0.39 is 10.2 Å². The van der Waals surface area contributed by atoms with Crippen LogP contribution in [0.3, 0.4) is 0 Å². The second-order valence-corrected chi connectivity index (χ2v) is 10.5. The molecule has 0 saturated carbocycles. The van der Waals surface area contributed by atoms with Gasteiger partial charge in [-0.3, -0.25) is 4.98 Å². The lowest BCUT2D eigenvalue weighted by molar-refractivity contribution is 0.119. The summed E-state index contributed by atoms with van der Waals surface area (Å²) >= 11 is 0. The summed E-state index contributed by atoms with van der Waals surface area (Å²) in [7, 11) is -3.73.